The van der Waals surface area contributed by atoms with Crippen molar-refractivity contribution in [1.29, 1.82) is 0 Å². The van der Waals surface area contributed by atoms with Crippen LogP contribution in [-0.4, -0.2) is 13.7 Å². The highest BCUT2D eigenvalue weighted by atomic mass is 16.5. The molecule has 9 heavy (non-hydrogen) atoms. The molecule has 1 heteroatoms. The normalized spacial score (nSPS) is 18.3. The van der Waals surface area contributed by atoms with E-state index in [1.165, 1.54) is 25.7 Å². The molecule has 0 spiro atoms. The Morgan fingerprint density at radius 2 is 2.33 bits per heavy atom. The molecule has 53 valence electrons. The molecule has 0 bridgehead atoms. The Labute approximate surface area is 57.4 Å². The van der Waals surface area contributed by atoms with Crippen molar-refractivity contribution in [2.45, 2.75) is 25.7 Å². The molecule has 1 aliphatic carbocycles. The summed E-state index contributed by atoms with van der Waals surface area (Å²) in [6.07, 6.45) is 7.72. The number of rotatable bonds is 5. The van der Waals surface area contributed by atoms with Crippen LogP contribution in [0.1, 0.15) is 25.7 Å². The molecular formula is C8H15O. The van der Waals surface area contributed by atoms with Gasteiger partial charge in [-0.3, -0.25) is 0 Å². The van der Waals surface area contributed by atoms with E-state index in [0.717, 1.165) is 12.5 Å². The Morgan fingerprint density at radius 1 is 1.56 bits per heavy atom. The van der Waals surface area contributed by atoms with Crippen LogP contribution in [0.4, 0.5) is 0 Å². The number of hydrogen-bond acceptors (Lipinski definition) is 1. The SMILES string of the molecule is COCCCCC1[CH]C1. The molecule has 0 saturated heterocycles. The predicted octanol–water partition coefficient (Wildman–Crippen LogP) is 2.03. The van der Waals surface area contributed by atoms with Gasteiger partial charge in [-0.15, -0.1) is 0 Å². The van der Waals surface area contributed by atoms with Crippen LogP contribution in [0.5, 0.6) is 0 Å². The zero-order valence-electron chi connectivity index (χ0n) is 6.10. The van der Waals surface area contributed by atoms with Gasteiger partial charge in [-0.2, -0.15) is 0 Å². The van der Waals surface area contributed by atoms with Crippen molar-refractivity contribution in [3.05, 3.63) is 6.42 Å². The third kappa shape index (κ3) is 3.52. The van der Waals surface area contributed by atoms with Gasteiger partial charge in [0.05, 0.1) is 0 Å². The first-order valence-corrected chi connectivity index (χ1v) is 3.76. The van der Waals surface area contributed by atoms with E-state index in [2.05, 4.69) is 6.42 Å². The van der Waals surface area contributed by atoms with Crippen molar-refractivity contribution in [3.8, 4) is 0 Å². The Hall–Kier alpha value is -0.0400. The molecule has 0 heterocycles. The second kappa shape index (κ2) is 3.89. The van der Waals surface area contributed by atoms with Gasteiger partial charge in [0.15, 0.2) is 0 Å². The minimum absolute atomic E-state index is 0.937. The van der Waals surface area contributed by atoms with Crippen LogP contribution in [0.2, 0.25) is 0 Å². The summed E-state index contributed by atoms with van der Waals surface area (Å²) in [5, 5.41) is 0. The van der Waals surface area contributed by atoms with E-state index in [0.29, 0.717) is 0 Å². The highest BCUT2D eigenvalue weighted by Crippen LogP contribution is 2.32. The van der Waals surface area contributed by atoms with Gasteiger partial charge in [0.1, 0.15) is 0 Å². The first-order valence-electron chi connectivity index (χ1n) is 3.76. The van der Waals surface area contributed by atoms with Gasteiger partial charge in [0.25, 0.3) is 0 Å². The van der Waals surface area contributed by atoms with Crippen LogP contribution in [0.25, 0.3) is 0 Å². The van der Waals surface area contributed by atoms with Gasteiger partial charge in [-0.05, 0) is 25.2 Å². The summed E-state index contributed by atoms with van der Waals surface area (Å²) in [4.78, 5) is 0. The number of ether oxygens (including phenoxy) is 1. The van der Waals surface area contributed by atoms with Gasteiger partial charge in [0.2, 0.25) is 0 Å². The summed E-state index contributed by atoms with van der Waals surface area (Å²) in [6, 6.07) is 0. The van der Waals surface area contributed by atoms with Gasteiger partial charge < -0.3 is 4.74 Å². The van der Waals surface area contributed by atoms with Gasteiger partial charge in [-0.25, -0.2) is 0 Å². The van der Waals surface area contributed by atoms with Gasteiger partial charge >= 0.3 is 0 Å². The standard InChI is InChI=1S/C8H15O/c1-9-7-3-2-4-8-5-6-8/h5,8H,2-4,6-7H2,1H3. The lowest BCUT2D eigenvalue weighted by Gasteiger charge is -1.96. The summed E-state index contributed by atoms with van der Waals surface area (Å²) >= 11 is 0. The first-order chi connectivity index (χ1) is 4.43. The van der Waals surface area contributed by atoms with Crippen molar-refractivity contribution >= 4 is 0 Å². The maximum atomic E-state index is 4.93. The maximum Gasteiger partial charge on any atom is 0.0462 e. The molecule has 1 aliphatic rings. The van der Waals surface area contributed by atoms with E-state index < -0.39 is 0 Å². The fourth-order valence-corrected chi connectivity index (χ4v) is 0.985. The van der Waals surface area contributed by atoms with Crippen LogP contribution >= 0.6 is 0 Å². The molecule has 1 saturated carbocycles. The van der Waals surface area contributed by atoms with E-state index >= 15 is 0 Å². The van der Waals surface area contributed by atoms with E-state index in [9.17, 15) is 0 Å². The monoisotopic (exact) mass is 127 g/mol. The molecule has 1 unspecified atom stereocenters. The highest BCUT2D eigenvalue weighted by molar-refractivity contribution is 4.93. The van der Waals surface area contributed by atoms with Crippen LogP contribution < -0.4 is 0 Å². The fraction of sp³-hybridized carbons (Fsp3) is 0.875. The number of methoxy groups -OCH3 is 1. The molecule has 0 aromatic rings. The zero-order chi connectivity index (χ0) is 6.53. The molecule has 0 aromatic heterocycles. The third-order valence-corrected chi connectivity index (χ3v) is 1.74. The van der Waals surface area contributed by atoms with E-state index in [1.807, 2.05) is 0 Å². The maximum absolute atomic E-state index is 4.93. The fourth-order valence-electron chi connectivity index (χ4n) is 0.985. The van der Waals surface area contributed by atoms with Gasteiger partial charge in [-0.1, -0.05) is 12.8 Å². The molecule has 0 amide bonds. The first kappa shape index (κ1) is 7.07. The molecular weight excluding hydrogens is 112 g/mol. The van der Waals surface area contributed by atoms with E-state index in [1.54, 1.807) is 7.11 Å². The summed E-state index contributed by atoms with van der Waals surface area (Å²) < 4.78 is 4.93. The van der Waals surface area contributed by atoms with Crippen LogP contribution in [-0.2, 0) is 4.74 Å². The van der Waals surface area contributed by atoms with Gasteiger partial charge in [0, 0.05) is 13.7 Å². The summed E-state index contributed by atoms with van der Waals surface area (Å²) in [5.74, 6) is 0.974. The van der Waals surface area contributed by atoms with Crippen molar-refractivity contribution in [2.75, 3.05) is 13.7 Å². The highest BCUT2D eigenvalue weighted by Gasteiger charge is 2.20. The largest absolute Gasteiger partial charge is 0.385 e. The number of hydrogen-bond donors (Lipinski definition) is 0. The molecule has 0 aliphatic heterocycles. The van der Waals surface area contributed by atoms with Crippen LogP contribution in [0.15, 0.2) is 0 Å². The van der Waals surface area contributed by atoms with E-state index in [-0.39, 0.29) is 0 Å². The lowest BCUT2D eigenvalue weighted by Crippen LogP contribution is -1.88. The molecule has 0 N–H and O–H groups in total. The molecule has 1 fully saturated rings. The molecule has 1 rings (SSSR count). The molecule has 1 atom stereocenters. The second-order valence-electron chi connectivity index (χ2n) is 2.72. The third-order valence-electron chi connectivity index (χ3n) is 1.74. The molecule has 1 radical (unpaired) electrons. The Morgan fingerprint density at radius 3 is 2.89 bits per heavy atom. The smallest absolute Gasteiger partial charge is 0.0462 e. The zero-order valence-corrected chi connectivity index (χ0v) is 6.10. The second-order valence-corrected chi connectivity index (χ2v) is 2.72. The minimum atomic E-state index is 0.937. The van der Waals surface area contributed by atoms with Crippen molar-refractivity contribution in [2.24, 2.45) is 5.92 Å². The number of unbranched alkanes of at least 4 members (excludes halogenated alkanes) is 1. The topological polar surface area (TPSA) is 9.23 Å². The van der Waals surface area contributed by atoms with Crippen LogP contribution in [0.3, 0.4) is 0 Å². The summed E-state index contributed by atoms with van der Waals surface area (Å²) in [6.45, 7) is 0.937. The molecule has 0 aromatic carbocycles. The summed E-state index contributed by atoms with van der Waals surface area (Å²) in [5.41, 5.74) is 0. The Balaban J connectivity index is 1.71. The lowest BCUT2D eigenvalue weighted by atomic mass is 10.2. The average molecular weight is 127 g/mol. The Bertz CT molecular complexity index is 67.0. The quantitative estimate of drug-likeness (QED) is 0.513. The van der Waals surface area contributed by atoms with Crippen LogP contribution in [0, 0.1) is 12.3 Å². The predicted molar refractivity (Wildman–Crippen MR) is 38.1 cm³/mol. The lowest BCUT2D eigenvalue weighted by molar-refractivity contribution is 0.191. The average Bonchev–Trinajstić information content (AvgIpc) is 2.63. The molecule has 1 nitrogen and oxygen atoms in total. The Kier molecular flexibility index (Phi) is 3.05. The van der Waals surface area contributed by atoms with Crippen molar-refractivity contribution < 1.29 is 4.74 Å². The summed E-state index contributed by atoms with van der Waals surface area (Å²) in [7, 11) is 1.77. The minimum Gasteiger partial charge on any atom is -0.385 e. The van der Waals surface area contributed by atoms with Crippen molar-refractivity contribution in [3.63, 3.8) is 0 Å². The van der Waals surface area contributed by atoms with Crippen molar-refractivity contribution in [1.82, 2.24) is 0 Å². The van der Waals surface area contributed by atoms with E-state index in [4.69, 9.17) is 4.74 Å².